The van der Waals surface area contributed by atoms with Gasteiger partial charge in [-0.15, -0.1) is 0 Å². The van der Waals surface area contributed by atoms with Crippen LogP contribution in [0.25, 0.3) is 12.2 Å². The van der Waals surface area contributed by atoms with E-state index in [2.05, 4.69) is 34.4 Å². The molecule has 2 rings (SSSR count). The minimum Gasteiger partial charge on any atom is -0.479 e. The fraction of sp³-hybridized carbons (Fsp3) is 0.227. The van der Waals surface area contributed by atoms with Crippen molar-refractivity contribution in [3.8, 4) is 0 Å². The monoisotopic (exact) mass is 632 g/mol. The molecular weight excluding hydrogens is 613 g/mol. The molecule has 6 N–H and O–H groups in total. The van der Waals surface area contributed by atoms with Crippen LogP contribution in [0, 0.1) is 0 Å². The van der Waals surface area contributed by atoms with Gasteiger partial charge in [-0.25, -0.2) is 8.98 Å². The van der Waals surface area contributed by atoms with Gasteiger partial charge in [0.2, 0.25) is 6.10 Å². The molecule has 0 heterocycles. The predicted molar refractivity (Wildman–Crippen MR) is 146 cm³/mol. The summed E-state index contributed by atoms with van der Waals surface area (Å²) in [5.41, 5.74) is -0.347. The van der Waals surface area contributed by atoms with E-state index in [-0.39, 0.29) is 22.5 Å². The van der Waals surface area contributed by atoms with Gasteiger partial charge in [-0.05, 0) is 59.8 Å². The van der Waals surface area contributed by atoms with Crippen LogP contribution in [0.15, 0.2) is 56.2 Å². The fourth-order valence-electron chi connectivity index (χ4n) is 3.13. The molecular formula is C22H20N2O12S4. The van der Waals surface area contributed by atoms with Crippen LogP contribution in [0.1, 0.15) is 11.1 Å². The first-order chi connectivity index (χ1) is 18.7. The van der Waals surface area contributed by atoms with Gasteiger partial charge >= 0.3 is 5.97 Å². The SMILES string of the molecule is O=C(O)[C@H](OS(=O)(=O)c1cc(N=C=S)ccc1C=Cc1ccc(N=C=S)cc1S(=O)(=O)O)[C@@H](O)[C@H](O)[C@H](O)CO. The molecule has 0 saturated heterocycles. The Balaban J connectivity index is 2.65. The molecule has 0 fully saturated rings. The highest BCUT2D eigenvalue weighted by atomic mass is 32.2. The van der Waals surface area contributed by atoms with Crippen molar-refractivity contribution in [3.63, 3.8) is 0 Å². The molecule has 0 aliphatic rings. The second-order valence-electron chi connectivity index (χ2n) is 7.70. The molecule has 214 valence electrons. The van der Waals surface area contributed by atoms with Crippen LogP contribution in [0.5, 0.6) is 0 Å². The van der Waals surface area contributed by atoms with E-state index >= 15 is 0 Å². The third-order valence-corrected chi connectivity index (χ3v) is 7.49. The standard InChI is InChI=1S/C22H20N2O12S4/c25-9-16(26)19(27)20(28)21(22(29)30)36-40(34,35)18-8-15(24-11-38)6-4-13(18)2-1-12-3-5-14(23-10-37)7-17(12)39(31,32)33/h1-8,16,19-21,25-28H,9H2,(H,29,30)(H,31,32,33)/t16-,19-,20+,21-/m1/s1. The number of isothiocyanates is 2. The van der Waals surface area contributed by atoms with E-state index in [0.29, 0.717) is 0 Å². The highest BCUT2D eigenvalue weighted by Gasteiger charge is 2.40. The van der Waals surface area contributed by atoms with Gasteiger partial charge in [-0.1, -0.05) is 24.3 Å². The molecule has 2 aromatic carbocycles. The lowest BCUT2D eigenvalue weighted by atomic mass is 10.0. The largest absolute Gasteiger partial charge is 0.479 e. The lowest BCUT2D eigenvalue weighted by Crippen LogP contribution is -2.50. The van der Waals surface area contributed by atoms with Crippen molar-refractivity contribution < 1.29 is 55.9 Å². The average Bonchev–Trinajstić information content (AvgIpc) is 2.89. The zero-order valence-corrected chi connectivity index (χ0v) is 23.1. The van der Waals surface area contributed by atoms with Crippen LogP contribution >= 0.6 is 24.4 Å². The van der Waals surface area contributed by atoms with Crippen LogP contribution < -0.4 is 0 Å². The number of aliphatic carboxylic acids is 1. The molecule has 40 heavy (non-hydrogen) atoms. The Hall–Kier alpha value is -3.09. The topological polar surface area (TPSA) is 241 Å². The maximum atomic E-state index is 13.2. The number of carboxylic acids is 1. The fourth-order valence-corrected chi connectivity index (χ4v) is 5.31. The maximum Gasteiger partial charge on any atom is 0.337 e. The van der Waals surface area contributed by atoms with Crippen molar-refractivity contribution >= 4 is 84.5 Å². The van der Waals surface area contributed by atoms with Gasteiger partial charge in [0.25, 0.3) is 20.2 Å². The van der Waals surface area contributed by atoms with Gasteiger partial charge in [-0.3, -0.25) is 4.55 Å². The number of carbonyl (C=O) groups is 1. The number of hydrogen-bond donors (Lipinski definition) is 6. The Morgan fingerprint density at radius 2 is 1.38 bits per heavy atom. The van der Waals surface area contributed by atoms with Gasteiger partial charge in [0.05, 0.1) is 28.3 Å². The van der Waals surface area contributed by atoms with Gasteiger partial charge in [0.1, 0.15) is 28.1 Å². The summed E-state index contributed by atoms with van der Waals surface area (Å²) in [4.78, 5) is 17.6. The Kier molecular flexibility index (Phi) is 11.6. The van der Waals surface area contributed by atoms with Gasteiger partial charge < -0.3 is 25.5 Å². The number of carboxylic acid groups (broad SMARTS) is 1. The van der Waals surface area contributed by atoms with Crippen LogP contribution in [-0.2, 0) is 29.2 Å². The number of aliphatic imine (C=N–C) groups is 2. The molecule has 18 heteroatoms. The second kappa shape index (κ2) is 14.0. The summed E-state index contributed by atoms with van der Waals surface area (Å²) in [6.07, 6.45) is -7.30. The Bertz CT molecular complexity index is 1610. The highest BCUT2D eigenvalue weighted by Crippen LogP contribution is 2.29. The zero-order valence-electron chi connectivity index (χ0n) is 19.8. The maximum absolute atomic E-state index is 13.2. The van der Waals surface area contributed by atoms with Crippen LogP contribution in [-0.4, -0.2) is 94.2 Å². The third-order valence-electron chi connectivity index (χ3n) is 5.05. The summed E-state index contributed by atoms with van der Waals surface area (Å²) >= 11 is 8.98. The molecule has 0 radical (unpaired) electrons. The van der Waals surface area contributed by atoms with Crippen molar-refractivity contribution in [2.24, 2.45) is 9.98 Å². The van der Waals surface area contributed by atoms with Gasteiger partial charge in [0, 0.05) is 0 Å². The van der Waals surface area contributed by atoms with E-state index in [1.807, 2.05) is 10.3 Å². The summed E-state index contributed by atoms with van der Waals surface area (Å²) in [5.74, 6) is -2.04. The van der Waals surface area contributed by atoms with E-state index in [1.54, 1.807) is 0 Å². The van der Waals surface area contributed by atoms with Crippen molar-refractivity contribution in [2.45, 2.75) is 34.2 Å². The summed E-state index contributed by atoms with van der Waals surface area (Å²) < 4.78 is 64.4. The summed E-state index contributed by atoms with van der Waals surface area (Å²) in [5, 5.41) is 51.9. The molecule has 0 saturated carbocycles. The molecule has 0 spiro atoms. The normalized spacial score (nSPS) is 14.9. The number of benzene rings is 2. The molecule has 0 unspecified atom stereocenters. The van der Waals surface area contributed by atoms with Crippen molar-refractivity contribution in [3.05, 3.63) is 47.5 Å². The molecule has 0 aliphatic carbocycles. The number of aliphatic hydroxyl groups excluding tert-OH is 4. The quantitative estimate of drug-likeness (QED) is 0.0589. The molecule has 4 atom stereocenters. The second-order valence-corrected chi connectivity index (χ2v) is 11.0. The summed E-state index contributed by atoms with van der Waals surface area (Å²) in [6.45, 7) is -1.09. The van der Waals surface area contributed by atoms with Crippen molar-refractivity contribution in [2.75, 3.05) is 6.61 Å². The van der Waals surface area contributed by atoms with E-state index < -0.39 is 67.0 Å². The number of thiocarbonyl (C=S) groups is 2. The van der Waals surface area contributed by atoms with Gasteiger partial charge in [-0.2, -0.15) is 26.8 Å². The first kappa shape index (κ1) is 33.1. The Morgan fingerprint density at radius 1 is 0.900 bits per heavy atom. The molecule has 2 aromatic rings. The van der Waals surface area contributed by atoms with E-state index in [9.17, 15) is 46.6 Å². The number of nitrogens with zero attached hydrogens (tertiary/aromatic N) is 2. The minimum atomic E-state index is -5.12. The van der Waals surface area contributed by atoms with E-state index in [0.717, 1.165) is 24.3 Å². The first-order valence-corrected chi connectivity index (χ1v) is 14.2. The first-order valence-electron chi connectivity index (χ1n) is 10.6. The number of hydrogen-bond acceptors (Lipinski definition) is 14. The lowest BCUT2D eigenvalue weighted by molar-refractivity contribution is -0.160. The Labute approximate surface area is 238 Å². The summed E-state index contributed by atoms with van der Waals surface area (Å²) in [6, 6.07) is 6.90. The van der Waals surface area contributed by atoms with Gasteiger partial charge in [0.15, 0.2) is 0 Å². The Morgan fingerprint density at radius 3 is 1.80 bits per heavy atom. The van der Waals surface area contributed by atoms with E-state index in [4.69, 9.17) is 9.29 Å². The van der Waals surface area contributed by atoms with Crippen molar-refractivity contribution in [1.82, 2.24) is 0 Å². The third kappa shape index (κ3) is 8.45. The summed E-state index contributed by atoms with van der Waals surface area (Å²) in [7, 11) is -9.91. The molecule has 0 aromatic heterocycles. The average molecular weight is 633 g/mol. The molecule has 0 aliphatic heterocycles. The minimum absolute atomic E-state index is 0.0468. The molecule has 0 amide bonds. The highest BCUT2D eigenvalue weighted by molar-refractivity contribution is 7.87. The van der Waals surface area contributed by atoms with Crippen molar-refractivity contribution in [1.29, 1.82) is 0 Å². The van der Waals surface area contributed by atoms with Crippen LogP contribution in [0.3, 0.4) is 0 Å². The lowest BCUT2D eigenvalue weighted by Gasteiger charge is -2.26. The van der Waals surface area contributed by atoms with Crippen LogP contribution in [0.2, 0.25) is 0 Å². The zero-order chi connectivity index (χ0) is 30.3. The van der Waals surface area contributed by atoms with E-state index in [1.165, 1.54) is 24.3 Å². The number of rotatable bonds is 13. The smallest absolute Gasteiger partial charge is 0.337 e. The number of aliphatic hydroxyl groups is 4. The predicted octanol–water partition coefficient (Wildman–Crippen LogP) is 0.806. The molecule has 14 nitrogen and oxygen atoms in total. The molecule has 0 bridgehead atoms. The van der Waals surface area contributed by atoms with Crippen LogP contribution in [0.4, 0.5) is 11.4 Å².